The fourth-order valence-corrected chi connectivity index (χ4v) is 3.21. The van der Waals surface area contributed by atoms with Crippen LogP contribution in [-0.2, 0) is 13.0 Å². The van der Waals surface area contributed by atoms with E-state index in [0.29, 0.717) is 11.8 Å². The first-order valence-electron chi connectivity index (χ1n) is 8.24. The quantitative estimate of drug-likeness (QED) is 0.768. The molecule has 0 aliphatic carbocycles. The van der Waals surface area contributed by atoms with Crippen molar-refractivity contribution in [3.63, 3.8) is 0 Å². The van der Waals surface area contributed by atoms with E-state index in [-0.39, 0.29) is 0 Å². The lowest BCUT2D eigenvalue weighted by Crippen LogP contribution is -2.32. The first kappa shape index (κ1) is 15.8. The van der Waals surface area contributed by atoms with Gasteiger partial charge in [-0.3, -0.25) is 0 Å². The van der Waals surface area contributed by atoms with Crippen LogP contribution in [0.2, 0.25) is 5.02 Å². The van der Waals surface area contributed by atoms with E-state index in [0.717, 1.165) is 35.8 Å². The molecule has 0 saturated heterocycles. The summed E-state index contributed by atoms with van der Waals surface area (Å²) in [6, 6.07) is 14.3. The fraction of sp³-hybridized carbons (Fsp3) is 0.211. The monoisotopic (exact) mass is 351 g/mol. The van der Waals surface area contributed by atoms with Gasteiger partial charge in [-0.05, 0) is 42.2 Å². The minimum atomic E-state index is 0.638. The van der Waals surface area contributed by atoms with Crippen LogP contribution in [0.1, 0.15) is 16.7 Å². The van der Waals surface area contributed by atoms with Crippen molar-refractivity contribution in [2.45, 2.75) is 19.9 Å². The van der Waals surface area contributed by atoms with Gasteiger partial charge in [0.2, 0.25) is 5.95 Å². The lowest BCUT2D eigenvalue weighted by molar-refractivity contribution is 0.698. The molecule has 2 heterocycles. The Hall–Kier alpha value is -2.66. The average Bonchev–Trinajstić information content (AvgIpc) is 2.65. The number of fused-ring (bicyclic) bond motifs is 1. The molecule has 0 saturated carbocycles. The SMILES string of the molecule is Cc1c(Cl)cccc1Nc1cnnc(N2CCc3ccccc3C2)n1. The van der Waals surface area contributed by atoms with Gasteiger partial charge in [0.25, 0.3) is 0 Å². The van der Waals surface area contributed by atoms with Crippen LogP contribution in [0.5, 0.6) is 0 Å². The topological polar surface area (TPSA) is 53.9 Å². The number of aromatic nitrogens is 3. The van der Waals surface area contributed by atoms with Crippen molar-refractivity contribution >= 4 is 29.1 Å². The molecule has 0 spiro atoms. The molecule has 5 nitrogen and oxygen atoms in total. The average molecular weight is 352 g/mol. The van der Waals surface area contributed by atoms with Crippen molar-refractivity contribution in [3.05, 3.63) is 70.4 Å². The molecule has 0 unspecified atom stereocenters. The highest BCUT2D eigenvalue weighted by molar-refractivity contribution is 6.31. The summed E-state index contributed by atoms with van der Waals surface area (Å²) in [6.45, 7) is 3.66. The highest BCUT2D eigenvalue weighted by Gasteiger charge is 2.18. The van der Waals surface area contributed by atoms with Crippen LogP contribution in [-0.4, -0.2) is 21.7 Å². The Morgan fingerprint density at radius 1 is 1.08 bits per heavy atom. The summed E-state index contributed by atoms with van der Waals surface area (Å²) < 4.78 is 0. The standard InChI is InChI=1S/C19H18ClN5/c1-13-16(20)7-4-8-17(13)22-18-11-21-24-19(23-18)25-10-9-14-5-2-3-6-15(14)12-25/h2-8,11H,9-10,12H2,1H3,(H,22,23,24). The molecule has 25 heavy (non-hydrogen) atoms. The second-order valence-corrected chi connectivity index (χ2v) is 6.53. The van der Waals surface area contributed by atoms with Gasteiger partial charge >= 0.3 is 0 Å². The minimum Gasteiger partial charge on any atom is -0.339 e. The fourth-order valence-electron chi connectivity index (χ4n) is 3.04. The Morgan fingerprint density at radius 3 is 2.80 bits per heavy atom. The minimum absolute atomic E-state index is 0.638. The number of rotatable bonds is 3. The van der Waals surface area contributed by atoms with Crippen LogP contribution in [0.25, 0.3) is 0 Å². The van der Waals surface area contributed by atoms with Crippen molar-refractivity contribution in [2.75, 3.05) is 16.8 Å². The molecule has 1 aliphatic heterocycles. The molecular formula is C19H18ClN5. The Balaban J connectivity index is 1.57. The maximum Gasteiger partial charge on any atom is 0.247 e. The molecule has 3 aromatic rings. The molecule has 6 heteroatoms. The van der Waals surface area contributed by atoms with Crippen LogP contribution < -0.4 is 10.2 Å². The van der Waals surface area contributed by atoms with Gasteiger partial charge in [-0.25, -0.2) is 0 Å². The van der Waals surface area contributed by atoms with Crippen molar-refractivity contribution in [3.8, 4) is 0 Å². The van der Waals surface area contributed by atoms with Crippen molar-refractivity contribution in [1.82, 2.24) is 15.2 Å². The summed E-state index contributed by atoms with van der Waals surface area (Å²) in [5.41, 5.74) is 4.62. The molecule has 0 bridgehead atoms. The Morgan fingerprint density at radius 2 is 1.92 bits per heavy atom. The van der Waals surface area contributed by atoms with E-state index < -0.39 is 0 Å². The largest absolute Gasteiger partial charge is 0.339 e. The first-order chi connectivity index (χ1) is 12.2. The van der Waals surface area contributed by atoms with E-state index in [4.69, 9.17) is 11.6 Å². The molecule has 0 atom stereocenters. The number of nitrogens with one attached hydrogen (secondary N) is 1. The summed E-state index contributed by atoms with van der Waals surface area (Å²) in [5.74, 6) is 1.30. The molecule has 1 N–H and O–H groups in total. The van der Waals surface area contributed by atoms with Crippen LogP contribution >= 0.6 is 11.6 Å². The number of anilines is 3. The summed E-state index contributed by atoms with van der Waals surface area (Å²) in [4.78, 5) is 6.79. The van der Waals surface area contributed by atoms with Gasteiger partial charge in [0.05, 0.1) is 6.20 Å². The van der Waals surface area contributed by atoms with Gasteiger partial charge in [0.1, 0.15) is 0 Å². The van der Waals surface area contributed by atoms with Gasteiger partial charge < -0.3 is 10.2 Å². The molecular weight excluding hydrogens is 334 g/mol. The van der Waals surface area contributed by atoms with Crippen molar-refractivity contribution in [2.24, 2.45) is 0 Å². The zero-order valence-electron chi connectivity index (χ0n) is 13.9. The van der Waals surface area contributed by atoms with Crippen molar-refractivity contribution < 1.29 is 0 Å². The first-order valence-corrected chi connectivity index (χ1v) is 8.62. The lowest BCUT2D eigenvalue weighted by atomic mass is 10.0. The number of halogens is 1. The third-order valence-corrected chi connectivity index (χ3v) is 4.90. The number of hydrogen-bond donors (Lipinski definition) is 1. The van der Waals surface area contributed by atoms with Crippen molar-refractivity contribution in [1.29, 1.82) is 0 Å². The highest BCUT2D eigenvalue weighted by atomic mass is 35.5. The maximum absolute atomic E-state index is 6.18. The van der Waals surface area contributed by atoms with E-state index in [9.17, 15) is 0 Å². The molecule has 0 fully saturated rings. The molecule has 1 aromatic heterocycles. The van der Waals surface area contributed by atoms with Crippen LogP contribution in [0.15, 0.2) is 48.7 Å². The summed E-state index contributed by atoms with van der Waals surface area (Å²) in [6.07, 6.45) is 2.62. The zero-order valence-corrected chi connectivity index (χ0v) is 14.7. The second kappa shape index (κ2) is 6.69. The van der Waals surface area contributed by atoms with E-state index in [1.54, 1.807) is 6.20 Å². The predicted octanol–water partition coefficient (Wildman–Crippen LogP) is 4.14. The maximum atomic E-state index is 6.18. The van der Waals surface area contributed by atoms with E-state index in [1.807, 2.05) is 25.1 Å². The zero-order chi connectivity index (χ0) is 17.2. The molecule has 0 radical (unpaired) electrons. The second-order valence-electron chi connectivity index (χ2n) is 6.12. The highest BCUT2D eigenvalue weighted by Crippen LogP contribution is 2.26. The number of hydrogen-bond acceptors (Lipinski definition) is 5. The van der Waals surface area contributed by atoms with E-state index in [1.165, 1.54) is 11.1 Å². The van der Waals surface area contributed by atoms with Gasteiger partial charge in [0.15, 0.2) is 5.82 Å². The summed E-state index contributed by atoms with van der Waals surface area (Å²) >= 11 is 6.18. The van der Waals surface area contributed by atoms with E-state index in [2.05, 4.69) is 49.7 Å². The Kier molecular flexibility index (Phi) is 4.24. The third-order valence-electron chi connectivity index (χ3n) is 4.49. The Bertz CT molecular complexity index is 912. The van der Waals surface area contributed by atoms with Crippen LogP contribution in [0.4, 0.5) is 17.5 Å². The summed E-state index contributed by atoms with van der Waals surface area (Å²) in [5, 5.41) is 12.3. The van der Waals surface area contributed by atoms with Gasteiger partial charge in [-0.1, -0.05) is 41.9 Å². The van der Waals surface area contributed by atoms with Crippen LogP contribution in [0, 0.1) is 6.92 Å². The normalized spacial score (nSPS) is 13.4. The molecule has 0 amide bonds. The molecule has 126 valence electrons. The smallest absolute Gasteiger partial charge is 0.247 e. The molecule has 2 aromatic carbocycles. The number of benzene rings is 2. The van der Waals surface area contributed by atoms with Crippen LogP contribution in [0.3, 0.4) is 0 Å². The summed E-state index contributed by atoms with van der Waals surface area (Å²) in [7, 11) is 0. The van der Waals surface area contributed by atoms with Gasteiger partial charge in [-0.2, -0.15) is 10.1 Å². The Labute approximate surface area is 151 Å². The molecule has 1 aliphatic rings. The van der Waals surface area contributed by atoms with Gasteiger partial charge in [-0.15, -0.1) is 5.10 Å². The predicted molar refractivity (Wildman–Crippen MR) is 100 cm³/mol. The number of nitrogens with zero attached hydrogens (tertiary/aromatic N) is 4. The van der Waals surface area contributed by atoms with Gasteiger partial charge in [0, 0.05) is 23.8 Å². The van der Waals surface area contributed by atoms with E-state index >= 15 is 0 Å². The molecule has 4 rings (SSSR count). The lowest BCUT2D eigenvalue weighted by Gasteiger charge is -2.28. The third kappa shape index (κ3) is 3.28.